The number of hydrogen-bond acceptors (Lipinski definition) is 4. The lowest BCUT2D eigenvalue weighted by Crippen LogP contribution is -2.62. The van der Waals surface area contributed by atoms with E-state index in [2.05, 4.69) is 29.6 Å². The van der Waals surface area contributed by atoms with Gasteiger partial charge in [0, 0.05) is 19.6 Å². The van der Waals surface area contributed by atoms with Gasteiger partial charge in [0.1, 0.15) is 0 Å². The molecule has 0 aromatic heterocycles. The fourth-order valence-corrected chi connectivity index (χ4v) is 8.02. The van der Waals surface area contributed by atoms with E-state index in [1.54, 1.807) is 0 Å². The van der Waals surface area contributed by atoms with E-state index in [0.717, 1.165) is 38.5 Å². The van der Waals surface area contributed by atoms with Gasteiger partial charge in [0.25, 0.3) is 0 Å². The number of amides is 2. The molecule has 1 aliphatic heterocycles. The second-order valence-electron chi connectivity index (χ2n) is 11.7. The van der Waals surface area contributed by atoms with Crippen molar-refractivity contribution in [2.75, 3.05) is 26.2 Å². The first-order valence-electron chi connectivity index (χ1n) is 13.7. The lowest BCUT2D eigenvalue weighted by molar-refractivity contribution is -0.176. The molecule has 190 valence electrons. The SMILES string of the molecule is CCOC(=O)C1CCN(C(=O)C23CC4CC(CC(C(=O)NCCCc5ccccc5)(C4)C2)C3)CC1. The number of hydrogen-bond donors (Lipinski definition) is 1. The van der Waals surface area contributed by atoms with Crippen LogP contribution in [-0.2, 0) is 25.5 Å². The largest absolute Gasteiger partial charge is 0.466 e. The molecular weight excluding hydrogens is 440 g/mol. The molecule has 1 saturated heterocycles. The number of nitrogens with one attached hydrogen (secondary N) is 1. The number of likely N-dealkylation sites (tertiary alicyclic amines) is 1. The zero-order valence-electron chi connectivity index (χ0n) is 21.1. The van der Waals surface area contributed by atoms with Gasteiger partial charge in [0.15, 0.2) is 0 Å². The molecule has 2 unspecified atom stereocenters. The van der Waals surface area contributed by atoms with Crippen molar-refractivity contribution in [3.63, 3.8) is 0 Å². The van der Waals surface area contributed by atoms with E-state index >= 15 is 0 Å². The number of nitrogens with zero attached hydrogens (tertiary/aromatic N) is 1. The Bertz CT molecular complexity index is 923. The maximum Gasteiger partial charge on any atom is 0.309 e. The van der Waals surface area contributed by atoms with Gasteiger partial charge < -0.3 is 15.0 Å². The van der Waals surface area contributed by atoms with Crippen LogP contribution in [0.25, 0.3) is 0 Å². The number of piperidine rings is 1. The number of aryl methyl sites for hydroxylation is 1. The average molecular weight is 481 g/mol. The van der Waals surface area contributed by atoms with Crippen LogP contribution in [0.5, 0.6) is 0 Å². The van der Waals surface area contributed by atoms with Gasteiger partial charge in [-0.1, -0.05) is 30.3 Å². The van der Waals surface area contributed by atoms with Crippen LogP contribution in [-0.4, -0.2) is 48.9 Å². The van der Waals surface area contributed by atoms with Gasteiger partial charge in [-0.15, -0.1) is 0 Å². The summed E-state index contributed by atoms with van der Waals surface area (Å²) in [4.78, 5) is 41.6. The number of rotatable bonds is 8. The fourth-order valence-electron chi connectivity index (χ4n) is 8.02. The molecule has 0 spiro atoms. The van der Waals surface area contributed by atoms with Crippen molar-refractivity contribution < 1.29 is 19.1 Å². The van der Waals surface area contributed by atoms with Crippen molar-refractivity contribution in [2.24, 2.45) is 28.6 Å². The van der Waals surface area contributed by atoms with Crippen molar-refractivity contribution >= 4 is 17.8 Å². The molecule has 1 aromatic rings. The van der Waals surface area contributed by atoms with Crippen LogP contribution in [0, 0.1) is 28.6 Å². The van der Waals surface area contributed by atoms with E-state index in [-0.39, 0.29) is 34.5 Å². The second kappa shape index (κ2) is 9.94. The third-order valence-corrected chi connectivity index (χ3v) is 9.17. The van der Waals surface area contributed by atoms with Crippen molar-refractivity contribution in [1.82, 2.24) is 10.2 Å². The highest BCUT2D eigenvalue weighted by Gasteiger charge is 2.63. The lowest BCUT2D eigenvalue weighted by atomic mass is 9.43. The molecule has 6 rings (SSSR count). The van der Waals surface area contributed by atoms with Crippen molar-refractivity contribution in [2.45, 2.75) is 71.1 Å². The van der Waals surface area contributed by atoms with Gasteiger partial charge >= 0.3 is 5.97 Å². The first-order chi connectivity index (χ1) is 16.9. The molecule has 1 N–H and O–H groups in total. The van der Waals surface area contributed by atoms with E-state index in [0.29, 0.717) is 57.3 Å². The normalized spacial score (nSPS) is 31.9. The van der Waals surface area contributed by atoms with Crippen LogP contribution in [0.15, 0.2) is 30.3 Å². The number of esters is 1. The molecule has 4 bridgehead atoms. The summed E-state index contributed by atoms with van der Waals surface area (Å²) in [5.41, 5.74) is 0.533. The molecule has 6 heteroatoms. The Morgan fingerprint density at radius 1 is 1.00 bits per heavy atom. The lowest BCUT2D eigenvalue weighted by Gasteiger charge is -2.61. The van der Waals surface area contributed by atoms with Gasteiger partial charge in [-0.3, -0.25) is 14.4 Å². The predicted octanol–water partition coefficient (Wildman–Crippen LogP) is 4.12. The molecule has 0 radical (unpaired) electrons. The van der Waals surface area contributed by atoms with E-state index in [9.17, 15) is 14.4 Å². The molecule has 1 heterocycles. The summed E-state index contributed by atoms with van der Waals surface area (Å²) in [5, 5.41) is 3.26. The Balaban J connectivity index is 1.20. The standard InChI is InChI=1S/C29H40N2O4/c1-2-35-25(32)24-10-13-31(14-11-24)27(34)29-18-22-15-23(19-29)17-28(16-22,20-29)26(33)30-12-6-9-21-7-4-3-5-8-21/h3-5,7-8,22-24H,2,6,9-20H2,1H3,(H,30,33). The summed E-state index contributed by atoms with van der Waals surface area (Å²) in [6.07, 6.45) is 8.87. The summed E-state index contributed by atoms with van der Waals surface area (Å²) >= 11 is 0. The third kappa shape index (κ3) is 4.85. The van der Waals surface area contributed by atoms with Crippen LogP contribution >= 0.6 is 0 Å². The molecule has 5 fully saturated rings. The summed E-state index contributed by atoms with van der Waals surface area (Å²) in [6.45, 7) is 4.17. The molecule has 5 aliphatic rings. The second-order valence-corrected chi connectivity index (χ2v) is 11.7. The van der Waals surface area contributed by atoms with E-state index in [1.165, 1.54) is 12.0 Å². The van der Waals surface area contributed by atoms with Crippen LogP contribution in [0.1, 0.15) is 70.3 Å². The van der Waals surface area contributed by atoms with E-state index in [4.69, 9.17) is 4.74 Å². The van der Waals surface area contributed by atoms with Crippen LogP contribution in [0.3, 0.4) is 0 Å². The Hall–Kier alpha value is -2.37. The molecule has 2 atom stereocenters. The molecule has 2 amide bonds. The summed E-state index contributed by atoms with van der Waals surface area (Å²) < 4.78 is 5.20. The minimum atomic E-state index is -0.387. The van der Waals surface area contributed by atoms with Crippen molar-refractivity contribution in [3.05, 3.63) is 35.9 Å². The Labute approximate surface area is 209 Å². The highest BCUT2D eigenvalue weighted by molar-refractivity contribution is 5.88. The minimum Gasteiger partial charge on any atom is -0.466 e. The minimum absolute atomic E-state index is 0.0941. The molecule has 4 aliphatic carbocycles. The van der Waals surface area contributed by atoms with Crippen LogP contribution in [0.4, 0.5) is 0 Å². The highest BCUT2D eigenvalue weighted by atomic mass is 16.5. The predicted molar refractivity (Wildman–Crippen MR) is 133 cm³/mol. The van der Waals surface area contributed by atoms with Gasteiger partial charge in [0.05, 0.1) is 23.4 Å². The van der Waals surface area contributed by atoms with Gasteiger partial charge in [-0.2, -0.15) is 0 Å². The first kappa shape index (κ1) is 24.3. The Kier molecular flexibility index (Phi) is 6.91. The number of carbonyl (C=O) groups is 3. The smallest absolute Gasteiger partial charge is 0.309 e. The van der Waals surface area contributed by atoms with Crippen molar-refractivity contribution in [1.29, 1.82) is 0 Å². The van der Waals surface area contributed by atoms with Crippen LogP contribution in [0.2, 0.25) is 0 Å². The maximum atomic E-state index is 13.9. The number of carbonyl (C=O) groups excluding carboxylic acids is 3. The monoisotopic (exact) mass is 480 g/mol. The maximum absolute atomic E-state index is 13.9. The fraction of sp³-hybridized carbons (Fsp3) is 0.690. The van der Waals surface area contributed by atoms with Gasteiger partial charge in [-0.05, 0) is 88.5 Å². The first-order valence-corrected chi connectivity index (χ1v) is 13.7. The molecule has 1 aromatic carbocycles. The van der Waals surface area contributed by atoms with Gasteiger partial charge in [-0.25, -0.2) is 0 Å². The number of benzene rings is 1. The Morgan fingerprint density at radius 3 is 2.31 bits per heavy atom. The summed E-state index contributed by atoms with van der Waals surface area (Å²) in [5.74, 6) is 1.16. The molecule has 35 heavy (non-hydrogen) atoms. The van der Waals surface area contributed by atoms with Gasteiger partial charge in [0.2, 0.25) is 11.8 Å². The summed E-state index contributed by atoms with van der Waals surface area (Å²) in [7, 11) is 0. The average Bonchev–Trinajstić information content (AvgIpc) is 2.86. The zero-order chi connectivity index (χ0) is 24.5. The van der Waals surface area contributed by atoms with Crippen molar-refractivity contribution in [3.8, 4) is 0 Å². The van der Waals surface area contributed by atoms with Crippen LogP contribution < -0.4 is 5.32 Å². The zero-order valence-corrected chi connectivity index (χ0v) is 21.1. The molecular formula is C29H40N2O4. The van der Waals surface area contributed by atoms with E-state index in [1.807, 2.05) is 17.9 Å². The Morgan fingerprint density at radius 2 is 1.66 bits per heavy atom. The molecule has 6 nitrogen and oxygen atoms in total. The number of ether oxygens (including phenoxy) is 1. The quantitative estimate of drug-likeness (QED) is 0.449. The topological polar surface area (TPSA) is 75.7 Å². The summed E-state index contributed by atoms with van der Waals surface area (Å²) in [6, 6.07) is 10.4. The van der Waals surface area contributed by atoms with E-state index < -0.39 is 0 Å². The molecule has 4 saturated carbocycles. The third-order valence-electron chi connectivity index (χ3n) is 9.17. The highest BCUT2D eigenvalue weighted by Crippen LogP contribution is 2.65.